The number of nitrogens with zero attached hydrogens (tertiary/aromatic N) is 3. The molecule has 7 nitrogen and oxygen atoms in total. The third-order valence-corrected chi connectivity index (χ3v) is 11.5. The molecule has 0 bridgehead atoms. The van der Waals surface area contributed by atoms with E-state index in [1.165, 1.54) is 54.6 Å². The van der Waals surface area contributed by atoms with E-state index in [1.807, 2.05) is 0 Å². The van der Waals surface area contributed by atoms with Crippen LogP contribution in [0.1, 0.15) is 75.8 Å². The minimum absolute atomic E-state index is 0.393. The summed E-state index contributed by atoms with van der Waals surface area (Å²) in [6, 6.07) is 7.38. The first-order valence-electron chi connectivity index (χ1n) is 15.1. The molecule has 2 aromatic carbocycles. The third-order valence-electron chi connectivity index (χ3n) is 9.57. The van der Waals surface area contributed by atoms with Crippen LogP contribution in [0.25, 0.3) is 0 Å². The Labute approximate surface area is 245 Å². The third kappa shape index (κ3) is 5.79. The molecule has 0 aromatic heterocycles. The summed E-state index contributed by atoms with van der Waals surface area (Å²) in [5.74, 6) is -2.92. The van der Waals surface area contributed by atoms with Crippen LogP contribution in [0.4, 0.5) is 18.0 Å². The molecule has 0 spiro atoms. The van der Waals surface area contributed by atoms with Crippen molar-refractivity contribution in [2.24, 2.45) is 0 Å². The van der Waals surface area contributed by atoms with E-state index < -0.39 is 56.1 Å². The van der Waals surface area contributed by atoms with Crippen LogP contribution in [-0.4, -0.2) is 72.5 Å². The van der Waals surface area contributed by atoms with Crippen LogP contribution in [0.3, 0.4) is 0 Å². The average molecular weight is 606 g/mol. The molecule has 42 heavy (non-hydrogen) atoms. The molecule has 4 fully saturated rings. The number of ether oxygens (including phenoxy) is 1. The van der Waals surface area contributed by atoms with Crippen molar-refractivity contribution in [1.29, 1.82) is 0 Å². The van der Waals surface area contributed by atoms with Crippen LogP contribution in [0, 0.1) is 17.5 Å². The maximum Gasteiger partial charge on any atom is 0.410 e. The lowest BCUT2D eigenvalue weighted by molar-refractivity contribution is -0.0169. The van der Waals surface area contributed by atoms with Crippen molar-refractivity contribution in [1.82, 2.24) is 14.1 Å². The maximum absolute atomic E-state index is 14.3. The van der Waals surface area contributed by atoms with Gasteiger partial charge in [0, 0.05) is 32.2 Å². The molecule has 0 unspecified atom stereocenters. The lowest BCUT2D eigenvalue weighted by atomic mass is 9.90. The quantitative estimate of drug-likeness (QED) is 0.404. The van der Waals surface area contributed by atoms with Gasteiger partial charge in [0.05, 0.1) is 17.0 Å². The van der Waals surface area contributed by atoms with E-state index in [4.69, 9.17) is 4.74 Å². The van der Waals surface area contributed by atoms with Gasteiger partial charge in [0.15, 0.2) is 11.6 Å². The molecule has 2 saturated heterocycles. The first-order valence-corrected chi connectivity index (χ1v) is 16.6. The zero-order chi connectivity index (χ0) is 29.5. The van der Waals surface area contributed by atoms with Crippen LogP contribution < -0.4 is 0 Å². The monoisotopic (exact) mass is 605 g/mol. The van der Waals surface area contributed by atoms with Gasteiger partial charge in [-0.1, -0.05) is 31.4 Å². The molecule has 4 aliphatic rings. The molecule has 2 aliphatic heterocycles. The Hall–Kier alpha value is -2.63. The van der Waals surface area contributed by atoms with E-state index in [2.05, 4.69) is 4.90 Å². The van der Waals surface area contributed by atoms with Crippen molar-refractivity contribution in [3.63, 3.8) is 0 Å². The number of piperazine rings is 1. The van der Waals surface area contributed by atoms with Crippen LogP contribution in [0.5, 0.6) is 0 Å². The number of hydrogen-bond acceptors (Lipinski definition) is 5. The van der Waals surface area contributed by atoms with Crippen molar-refractivity contribution in [3.8, 4) is 0 Å². The molecule has 2 aromatic rings. The number of carbonyl (C=O) groups excluding carboxylic acids is 1. The second kappa shape index (κ2) is 11.8. The van der Waals surface area contributed by atoms with Crippen molar-refractivity contribution in [2.75, 3.05) is 26.2 Å². The number of piperidine rings is 1. The van der Waals surface area contributed by atoms with Gasteiger partial charge in [-0.25, -0.2) is 26.4 Å². The SMILES string of the molecule is O=C(OC1([C@H]2CCC[C@@H](c3cccc(F)c3)N2S(=O)(=O)c2ccc(F)c(F)c2)CC1)N1CCN(C2CCCCC2)CC1. The van der Waals surface area contributed by atoms with E-state index >= 15 is 0 Å². The first-order chi connectivity index (χ1) is 20.2. The van der Waals surface area contributed by atoms with Gasteiger partial charge in [0.25, 0.3) is 0 Å². The maximum atomic E-state index is 14.3. The van der Waals surface area contributed by atoms with E-state index in [9.17, 15) is 26.4 Å². The first kappa shape index (κ1) is 29.4. The Bertz CT molecular complexity index is 1410. The second-order valence-corrected chi connectivity index (χ2v) is 14.0. The van der Waals surface area contributed by atoms with Gasteiger partial charge in [-0.3, -0.25) is 4.90 Å². The largest absolute Gasteiger partial charge is 0.441 e. The summed E-state index contributed by atoms with van der Waals surface area (Å²) in [5, 5.41) is 0. The topological polar surface area (TPSA) is 70.2 Å². The Morgan fingerprint density at radius 2 is 1.57 bits per heavy atom. The number of sulfonamides is 1. The highest BCUT2D eigenvalue weighted by atomic mass is 32.2. The predicted molar refractivity (Wildman–Crippen MR) is 151 cm³/mol. The zero-order valence-electron chi connectivity index (χ0n) is 23.7. The van der Waals surface area contributed by atoms with Gasteiger partial charge in [-0.15, -0.1) is 0 Å². The molecule has 2 saturated carbocycles. The molecule has 6 rings (SSSR count). The lowest BCUT2D eigenvalue weighted by Gasteiger charge is -2.45. The van der Waals surface area contributed by atoms with Crippen LogP contribution in [0.15, 0.2) is 47.4 Å². The molecular formula is C31H38F3N3O4S. The van der Waals surface area contributed by atoms with Crippen molar-refractivity contribution in [2.45, 2.75) is 92.8 Å². The minimum Gasteiger partial charge on any atom is -0.441 e. The second-order valence-electron chi connectivity index (χ2n) is 12.2. The number of rotatable bonds is 6. The number of benzene rings is 2. The van der Waals surface area contributed by atoms with E-state index in [0.29, 0.717) is 62.9 Å². The van der Waals surface area contributed by atoms with Crippen LogP contribution in [-0.2, 0) is 14.8 Å². The molecule has 1 amide bonds. The lowest BCUT2D eigenvalue weighted by Crippen LogP contribution is -2.56. The van der Waals surface area contributed by atoms with Gasteiger partial charge >= 0.3 is 6.09 Å². The van der Waals surface area contributed by atoms with Crippen molar-refractivity contribution >= 4 is 16.1 Å². The molecular weight excluding hydrogens is 567 g/mol. The fraction of sp³-hybridized carbons (Fsp3) is 0.581. The van der Waals surface area contributed by atoms with Crippen molar-refractivity contribution in [3.05, 3.63) is 65.5 Å². The van der Waals surface area contributed by atoms with Gasteiger partial charge in [0.1, 0.15) is 11.4 Å². The van der Waals surface area contributed by atoms with Gasteiger partial charge in [0.2, 0.25) is 10.0 Å². The predicted octanol–water partition coefficient (Wildman–Crippen LogP) is 6.01. The fourth-order valence-corrected chi connectivity index (χ4v) is 9.10. The standard InChI is InChI=1S/C31H38F3N3O4S/c32-23-7-4-6-22(20-23)28-10-5-11-29(37(28)42(39,40)25-12-13-26(33)27(34)21-25)31(14-15-31)41-30(38)36-18-16-35(17-19-36)24-8-2-1-3-9-24/h4,6-7,12-13,20-21,24,28-29H,1-3,5,8-11,14-19H2/t28-,29+/m0/s1. The number of hydrogen-bond donors (Lipinski definition) is 0. The Balaban J connectivity index is 1.25. The Morgan fingerprint density at radius 1 is 0.833 bits per heavy atom. The highest BCUT2D eigenvalue weighted by Gasteiger charge is 2.60. The van der Waals surface area contributed by atoms with E-state index in [1.54, 1.807) is 11.0 Å². The summed E-state index contributed by atoms with van der Waals surface area (Å²) in [4.78, 5) is 17.2. The molecule has 2 atom stereocenters. The molecule has 228 valence electrons. The normalized spacial score (nSPS) is 25.7. The summed E-state index contributed by atoms with van der Waals surface area (Å²) < 4.78 is 78.1. The smallest absolute Gasteiger partial charge is 0.410 e. The van der Waals surface area contributed by atoms with E-state index in [-0.39, 0.29) is 0 Å². The summed E-state index contributed by atoms with van der Waals surface area (Å²) in [6.07, 6.45) is 8.19. The summed E-state index contributed by atoms with van der Waals surface area (Å²) in [7, 11) is -4.39. The van der Waals surface area contributed by atoms with Gasteiger partial charge < -0.3 is 9.64 Å². The highest BCUT2D eigenvalue weighted by Crippen LogP contribution is 2.52. The highest BCUT2D eigenvalue weighted by molar-refractivity contribution is 7.89. The summed E-state index contributed by atoms with van der Waals surface area (Å²) in [5.41, 5.74) is -0.568. The molecule has 0 N–H and O–H groups in total. The zero-order valence-corrected chi connectivity index (χ0v) is 24.5. The van der Waals surface area contributed by atoms with Gasteiger partial charge in [-0.05, 0) is 80.8 Å². The molecule has 2 aliphatic carbocycles. The van der Waals surface area contributed by atoms with Crippen LogP contribution in [0.2, 0.25) is 0 Å². The van der Waals surface area contributed by atoms with Gasteiger partial charge in [-0.2, -0.15) is 4.31 Å². The van der Waals surface area contributed by atoms with Crippen LogP contribution >= 0.6 is 0 Å². The number of carbonyl (C=O) groups is 1. The molecule has 2 heterocycles. The number of amides is 1. The van der Waals surface area contributed by atoms with Crippen molar-refractivity contribution < 1.29 is 31.1 Å². The van der Waals surface area contributed by atoms with E-state index in [0.717, 1.165) is 25.2 Å². The Morgan fingerprint density at radius 3 is 2.24 bits per heavy atom. The molecule has 0 radical (unpaired) electrons. The number of halogens is 3. The molecule has 11 heteroatoms. The summed E-state index contributed by atoms with van der Waals surface area (Å²) in [6.45, 7) is 2.68. The minimum atomic E-state index is -4.39. The average Bonchev–Trinajstić information content (AvgIpc) is 3.79. The summed E-state index contributed by atoms with van der Waals surface area (Å²) >= 11 is 0. The Kier molecular flexibility index (Phi) is 8.28. The fourth-order valence-electron chi connectivity index (χ4n) is 7.17.